The largest absolute Gasteiger partial charge is 0.464 e. The van der Waals surface area contributed by atoms with Crippen LogP contribution in [-0.2, 0) is 15.9 Å². The van der Waals surface area contributed by atoms with Gasteiger partial charge in [0.2, 0.25) is 0 Å². The number of rotatable bonds is 5. The second kappa shape index (κ2) is 7.71. The van der Waals surface area contributed by atoms with Gasteiger partial charge in [-0.3, -0.25) is 4.79 Å². The van der Waals surface area contributed by atoms with Gasteiger partial charge in [-0.1, -0.05) is 0 Å². The number of nitrogens with one attached hydrogen (secondary N) is 1. The average molecular weight is 322 g/mol. The normalized spacial score (nSPS) is 10.8. The van der Waals surface area contributed by atoms with E-state index >= 15 is 0 Å². The van der Waals surface area contributed by atoms with Crippen LogP contribution >= 0.6 is 0 Å². The summed E-state index contributed by atoms with van der Waals surface area (Å²) in [5, 5.41) is 2.60. The quantitative estimate of drug-likeness (QED) is 0.659. The number of carbonyl (C=O) groups excluding carboxylic acids is 3. The van der Waals surface area contributed by atoms with Crippen molar-refractivity contribution in [2.24, 2.45) is 0 Å². The van der Waals surface area contributed by atoms with Gasteiger partial charge < -0.3 is 14.8 Å². The lowest BCUT2D eigenvalue weighted by molar-refractivity contribution is 0.0526. The Bertz CT molecular complexity index is 605. The van der Waals surface area contributed by atoms with Crippen molar-refractivity contribution in [1.82, 2.24) is 10.3 Å². The van der Waals surface area contributed by atoms with Crippen LogP contribution < -0.4 is 5.32 Å². The second-order valence-electron chi connectivity index (χ2n) is 5.96. The first-order valence-electron chi connectivity index (χ1n) is 7.19. The number of aromatic nitrogens is 1. The molecule has 1 aromatic heterocycles. The number of carbonyl (C=O) groups is 3. The molecule has 0 radical (unpaired) electrons. The number of ether oxygens (including phenoxy) is 2. The van der Waals surface area contributed by atoms with Crippen molar-refractivity contribution in [1.29, 1.82) is 0 Å². The third-order valence-electron chi connectivity index (χ3n) is 2.73. The first-order chi connectivity index (χ1) is 10.6. The fourth-order valence-corrected chi connectivity index (χ4v) is 1.74. The summed E-state index contributed by atoms with van der Waals surface area (Å²) in [7, 11) is 1.24. The van der Waals surface area contributed by atoms with Gasteiger partial charge in [0.25, 0.3) is 0 Å². The maximum Gasteiger partial charge on any atom is 0.407 e. The van der Waals surface area contributed by atoms with Gasteiger partial charge in [0.05, 0.1) is 7.11 Å². The van der Waals surface area contributed by atoms with E-state index in [1.54, 1.807) is 26.8 Å². The molecule has 0 aromatic carbocycles. The molecule has 0 saturated carbocycles. The molecule has 1 rings (SSSR count). The molecule has 0 bridgehead atoms. The molecule has 0 aliphatic rings. The van der Waals surface area contributed by atoms with Crippen LogP contribution in [0.2, 0.25) is 0 Å². The molecule has 0 spiro atoms. The summed E-state index contributed by atoms with van der Waals surface area (Å²) in [5.41, 5.74) is 0.365. The van der Waals surface area contributed by atoms with Crippen molar-refractivity contribution in [2.45, 2.75) is 39.7 Å². The molecule has 1 N–H and O–H groups in total. The number of pyridine rings is 1. The highest BCUT2D eigenvalue weighted by atomic mass is 16.6. The fraction of sp³-hybridized carbons (Fsp3) is 0.500. The van der Waals surface area contributed by atoms with E-state index < -0.39 is 17.7 Å². The number of Topliss-reactive ketones (excluding diaryl/α,β-unsaturated/α-hetero) is 1. The Morgan fingerprint density at radius 2 is 1.87 bits per heavy atom. The zero-order valence-electron chi connectivity index (χ0n) is 14.1. The molecule has 1 heterocycles. The van der Waals surface area contributed by atoms with E-state index in [9.17, 15) is 14.4 Å². The maximum atomic E-state index is 11.6. The minimum atomic E-state index is -0.616. The Morgan fingerprint density at radius 3 is 2.39 bits per heavy atom. The lowest BCUT2D eigenvalue weighted by Gasteiger charge is -2.19. The van der Waals surface area contributed by atoms with Gasteiger partial charge in [-0.05, 0) is 39.8 Å². The lowest BCUT2D eigenvalue weighted by Crippen LogP contribution is -2.33. The number of hydrogen-bond acceptors (Lipinski definition) is 6. The number of methoxy groups -OCH3 is 1. The van der Waals surface area contributed by atoms with Crippen molar-refractivity contribution in [3.8, 4) is 0 Å². The predicted octanol–water partition coefficient (Wildman–Crippen LogP) is 2.14. The summed E-state index contributed by atoms with van der Waals surface area (Å²) >= 11 is 0. The van der Waals surface area contributed by atoms with Gasteiger partial charge in [0, 0.05) is 24.2 Å². The van der Waals surface area contributed by atoms with Crippen LogP contribution in [0.15, 0.2) is 12.1 Å². The zero-order valence-corrected chi connectivity index (χ0v) is 14.1. The predicted molar refractivity (Wildman–Crippen MR) is 83.5 cm³/mol. The van der Waals surface area contributed by atoms with Crippen molar-refractivity contribution in [3.63, 3.8) is 0 Å². The third-order valence-corrected chi connectivity index (χ3v) is 2.73. The summed E-state index contributed by atoms with van der Waals surface area (Å²) < 4.78 is 9.74. The number of nitrogens with zero attached hydrogens (tertiary/aromatic N) is 1. The van der Waals surface area contributed by atoms with E-state index in [0.717, 1.165) is 0 Å². The van der Waals surface area contributed by atoms with E-state index in [1.165, 1.54) is 20.1 Å². The molecule has 0 atom stereocenters. The molecule has 1 amide bonds. The van der Waals surface area contributed by atoms with Crippen LogP contribution in [-0.4, -0.2) is 42.1 Å². The number of alkyl carbamates (subject to hydrolysis) is 1. The molecule has 0 saturated heterocycles. The molecule has 0 aliphatic carbocycles. The van der Waals surface area contributed by atoms with Crippen molar-refractivity contribution >= 4 is 17.8 Å². The molecular formula is C16H22N2O5. The monoisotopic (exact) mass is 322 g/mol. The maximum absolute atomic E-state index is 11.6. The van der Waals surface area contributed by atoms with Crippen LogP contribution in [0.1, 0.15) is 54.2 Å². The van der Waals surface area contributed by atoms with Gasteiger partial charge >= 0.3 is 12.1 Å². The molecule has 1 aromatic rings. The van der Waals surface area contributed by atoms with Gasteiger partial charge in [0.1, 0.15) is 11.3 Å². The fourth-order valence-electron chi connectivity index (χ4n) is 1.74. The summed E-state index contributed by atoms with van der Waals surface area (Å²) in [6.07, 6.45) is -0.182. The highest BCUT2D eigenvalue weighted by Crippen LogP contribution is 2.10. The molecular weight excluding hydrogens is 300 g/mol. The first kappa shape index (κ1) is 18.6. The highest BCUT2D eigenvalue weighted by molar-refractivity contribution is 5.97. The second-order valence-corrected chi connectivity index (χ2v) is 5.96. The smallest absolute Gasteiger partial charge is 0.407 e. The van der Waals surface area contributed by atoms with Crippen molar-refractivity contribution in [3.05, 3.63) is 29.1 Å². The minimum absolute atomic E-state index is 0.0625. The SMILES string of the molecule is COC(=O)c1cc(C(C)=O)cc(CCNC(=O)OC(C)(C)C)n1. The summed E-state index contributed by atoms with van der Waals surface area (Å²) in [6, 6.07) is 2.98. The number of ketones is 1. The molecule has 126 valence electrons. The van der Waals surface area contributed by atoms with Crippen molar-refractivity contribution < 1.29 is 23.9 Å². The van der Waals surface area contributed by atoms with E-state index in [2.05, 4.69) is 15.0 Å². The molecule has 0 aliphatic heterocycles. The number of hydrogen-bond donors (Lipinski definition) is 1. The Hall–Kier alpha value is -2.44. The average Bonchev–Trinajstić information content (AvgIpc) is 2.44. The third kappa shape index (κ3) is 6.46. The van der Waals surface area contributed by atoms with Crippen LogP contribution in [0.25, 0.3) is 0 Å². The zero-order chi connectivity index (χ0) is 17.6. The lowest BCUT2D eigenvalue weighted by atomic mass is 10.1. The standard InChI is InChI=1S/C16H22N2O5/c1-10(19)11-8-12(18-13(9-11)14(20)22-5)6-7-17-15(21)23-16(2,3)4/h8-9H,6-7H2,1-5H3,(H,17,21). The van der Waals surface area contributed by atoms with Crippen LogP contribution in [0.4, 0.5) is 4.79 Å². The topological polar surface area (TPSA) is 94.6 Å². The molecule has 7 nitrogen and oxygen atoms in total. The van der Waals surface area contributed by atoms with Gasteiger partial charge in [-0.15, -0.1) is 0 Å². The highest BCUT2D eigenvalue weighted by Gasteiger charge is 2.16. The van der Waals surface area contributed by atoms with Crippen LogP contribution in [0.3, 0.4) is 0 Å². The number of esters is 1. The molecule has 0 unspecified atom stereocenters. The summed E-state index contributed by atoms with van der Waals surface area (Å²) in [4.78, 5) is 38.8. The van der Waals surface area contributed by atoms with Crippen LogP contribution in [0, 0.1) is 0 Å². The van der Waals surface area contributed by atoms with E-state index in [-0.39, 0.29) is 18.0 Å². The summed E-state index contributed by atoms with van der Waals surface area (Å²) in [5.74, 6) is -0.798. The first-order valence-corrected chi connectivity index (χ1v) is 7.19. The Morgan fingerprint density at radius 1 is 1.22 bits per heavy atom. The van der Waals surface area contributed by atoms with Gasteiger partial charge in [-0.25, -0.2) is 14.6 Å². The summed E-state index contributed by atoms with van der Waals surface area (Å²) in [6.45, 7) is 6.98. The van der Waals surface area contributed by atoms with Crippen LogP contribution in [0.5, 0.6) is 0 Å². The van der Waals surface area contributed by atoms with E-state index in [0.29, 0.717) is 17.7 Å². The molecule has 7 heteroatoms. The Balaban J connectivity index is 2.76. The van der Waals surface area contributed by atoms with Gasteiger partial charge in [0.15, 0.2) is 5.78 Å². The molecule has 0 fully saturated rings. The van der Waals surface area contributed by atoms with Gasteiger partial charge in [-0.2, -0.15) is 0 Å². The minimum Gasteiger partial charge on any atom is -0.464 e. The Kier molecular flexibility index (Phi) is 6.24. The molecule has 23 heavy (non-hydrogen) atoms. The number of amides is 1. The Labute approximate surface area is 135 Å². The van der Waals surface area contributed by atoms with E-state index in [1.807, 2.05) is 0 Å². The van der Waals surface area contributed by atoms with Crippen molar-refractivity contribution in [2.75, 3.05) is 13.7 Å². The van der Waals surface area contributed by atoms with E-state index in [4.69, 9.17) is 4.74 Å².